The maximum Gasteiger partial charge on any atom is 0.551 e. The molecule has 0 heterocycles. The van der Waals surface area contributed by atoms with E-state index < -0.39 is 12.7 Å². The number of alkyl halides is 6. The van der Waals surface area contributed by atoms with Crippen LogP contribution >= 0.6 is 0 Å². The van der Waals surface area contributed by atoms with Crippen molar-refractivity contribution in [3.8, 4) is 0 Å². The molecule has 0 rings (SSSR count). The number of halogens is 6. The van der Waals surface area contributed by atoms with Crippen molar-refractivity contribution in [1.82, 2.24) is 0 Å². The Morgan fingerprint density at radius 3 is 1.00 bits per heavy atom. The van der Waals surface area contributed by atoms with Crippen molar-refractivity contribution in [2.45, 2.75) is 12.7 Å². The first-order valence-corrected chi connectivity index (χ1v) is 2.04. The lowest BCUT2D eigenvalue weighted by atomic mass is 11.4. The third-order valence-electron chi connectivity index (χ3n) is 0.285. The van der Waals surface area contributed by atoms with E-state index in [1.165, 1.54) is 0 Å². The molecule has 0 radical (unpaired) electrons. The smallest absolute Gasteiger partial charge is 0.142 e. The molecule has 0 aliphatic heterocycles. The van der Waals surface area contributed by atoms with Gasteiger partial charge >= 0.3 is 12.7 Å². The molecule has 10 heteroatoms. The maximum absolute atomic E-state index is 10.9. The van der Waals surface area contributed by atoms with E-state index in [1.807, 2.05) is 0 Å². The molecule has 0 unspecified atom stereocenters. The Labute approximate surface area is 60.3 Å². The summed E-state index contributed by atoms with van der Waals surface area (Å²) in [6, 6.07) is 0. The summed E-state index contributed by atoms with van der Waals surface area (Å²) in [5, 5.41) is 5.01. The lowest BCUT2D eigenvalue weighted by Gasteiger charge is -2.05. The van der Waals surface area contributed by atoms with E-state index in [9.17, 15) is 26.3 Å². The molecule has 74 valence electrons. The van der Waals surface area contributed by atoms with E-state index in [1.54, 1.807) is 0 Å². The molecule has 0 atom stereocenters. The van der Waals surface area contributed by atoms with Gasteiger partial charge in [-0.25, -0.2) is 0 Å². The van der Waals surface area contributed by atoms with Crippen LogP contribution in [0.25, 0.3) is 0 Å². The van der Waals surface area contributed by atoms with E-state index in [0.29, 0.717) is 0 Å². The Bertz CT molecular complexity index is 110. The van der Waals surface area contributed by atoms with Crippen LogP contribution in [0.2, 0.25) is 0 Å². The second kappa shape index (κ2) is 3.89. The summed E-state index contributed by atoms with van der Waals surface area (Å²) in [6.07, 6.45) is -10.5. The summed E-state index contributed by atoms with van der Waals surface area (Å²) in [4.78, 5) is 4.56. The highest BCUT2D eigenvalue weighted by molar-refractivity contribution is 4.13. The number of rotatable bonds is 3. The molecule has 0 aromatic rings. The molecule has 0 aromatic carbocycles. The van der Waals surface area contributed by atoms with Gasteiger partial charge in [0.25, 0.3) is 0 Å². The van der Waals surface area contributed by atoms with Gasteiger partial charge in [-0.05, 0) is 10.1 Å². The topological polar surface area (TPSA) is 36.9 Å². The molecule has 0 aliphatic carbocycles. The molecule has 4 nitrogen and oxygen atoms in total. The number of hydrogen-bond donors (Lipinski definition) is 0. The lowest BCUT2D eigenvalue weighted by Crippen LogP contribution is -2.18. The van der Waals surface area contributed by atoms with Crippen molar-refractivity contribution in [2.24, 2.45) is 0 Å². The molecule has 0 aliphatic rings. The molecule has 0 saturated carbocycles. The first kappa shape index (κ1) is 11.4. The van der Waals surface area contributed by atoms with Gasteiger partial charge < -0.3 is 0 Å². The van der Waals surface area contributed by atoms with Gasteiger partial charge in [-0.3, -0.25) is 0 Å². The van der Waals surface area contributed by atoms with Crippen LogP contribution in [0.15, 0.2) is 0 Å². The molecular formula is C2F6O4. The van der Waals surface area contributed by atoms with Crippen LogP contribution in [0.4, 0.5) is 26.3 Å². The highest BCUT2D eigenvalue weighted by atomic mass is 19.4. The minimum Gasteiger partial charge on any atom is -0.142 e. The lowest BCUT2D eigenvalue weighted by molar-refractivity contribution is -0.716. The molecule has 0 aromatic heterocycles. The van der Waals surface area contributed by atoms with Crippen LogP contribution in [0.3, 0.4) is 0 Å². The van der Waals surface area contributed by atoms with Crippen LogP contribution in [0.5, 0.6) is 0 Å². The highest BCUT2D eigenvalue weighted by Gasteiger charge is 2.35. The third-order valence-corrected chi connectivity index (χ3v) is 0.285. The SMILES string of the molecule is FC(F)(F)OOOOC(F)(F)F. The largest absolute Gasteiger partial charge is 0.551 e. The van der Waals surface area contributed by atoms with Gasteiger partial charge in [0.1, 0.15) is 0 Å². The fraction of sp³-hybridized carbons (Fsp3) is 1.00. The third kappa shape index (κ3) is 9.42. The fourth-order valence-corrected chi connectivity index (χ4v) is 0.105. The average molecular weight is 202 g/mol. The monoisotopic (exact) mass is 202 g/mol. The van der Waals surface area contributed by atoms with Crippen molar-refractivity contribution in [2.75, 3.05) is 0 Å². The summed E-state index contributed by atoms with van der Waals surface area (Å²) in [5.74, 6) is 0. The molecule has 0 spiro atoms. The van der Waals surface area contributed by atoms with E-state index >= 15 is 0 Å². The van der Waals surface area contributed by atoms with E-state index in [0.717, 1.165) is 0 Å². The quantitative estimate of drug-likeness (QED) is 0.303. The Morgan fingerprint density at radius 1 is 0.583 bits per heavy atom. The molecule has 0 saturated heterocycles. The summed E-state index contributed by atoms with van der Waals surface area (Å²) in [7, 11) is 0. The zero-order valence-corrected chi connectivity index (χ0v) is 4.90. The predicted molar refractivity (Wildman–Crippen MR) is 16.4 cm³/mol. The molecule has 0 bridgehead atoms. The molecule has 0 amide bonds. The van der Waals surface area contributed by atoms with Crippen molar-refractivity contribution in [3.63, 3.8) is 0 Å². The van der Waals surface area contributed by atoms with Gasteiger partial charge in [0, 0.05) is 0 Å². The Morgan fingerprint density at radius 2 is 0.833 bits per heavy atom. The van der Waals surface area contributed by atoms with E-state index in [4.69, 9.17) is 0 Å². The van der Waals surface area contributed by atoms with Crippen LogP contribution in [0, 0.1) is 0 Å². The van der Waals surface area contributed by atoms with Crippen molar-refractivity contribution >= 4 is 0 Å². The van der Waals surface area contributed by atoms with Crippen LogP contribution < -0.4 is 0 Å². The molecule has 12 heavy (non-hydrogen) atoms. The Kier molecular flexibility index (Phi) is 3.70. The molecule has 0 fully saturated rings. The normalized spacial score (nSPS) is 13.5. The van der Waals surface area contributed by atoms with Gasteiger partial charge in [-0.15, -0.1) is 26.3 Å². The average Bonchev–Trinajstić information content (AvgIpc) is 1.76. The number of hydrogen-bond acceptors (Lipinski definition) is 4. The van der Waals surface area contributed by atoms with Gasteiger partial charge in [0.15, 0.2) is 0 Å². The molecular weight excluding hydrogens is 202 g/mol. The van der Waals surface area contributed by atoms with E-state index in [2.05, 4.69) is 19.9 Å². The van der Waals surface area contributed by atoms with Gasteiger partial charge in [0.2, 0.25) is 0 Å². The second-order valence-electron chi connectivity index (χ2n) is 1.19. The zero-order valence-electron chi connectivity index (χ0n) is 4.90. The maximum atomic E-state index is 10.9. The summed E-state index contributed by atoms with van der Waals surface area (Å²) >= 11 is 0. The fourth-order valence-electron chi connectivity index (χ4n) is 0.105. The molecule has 0 N–H and O–H groups in total. The van der Waals surface area contributed by atoms with Gasteiger partial charge in [0.05, 0.1) is 0 Å². The van der Waals surface area contributed by atoms with Gasteiger partial charge in [-0.2, -0.15) is 0 Å². The van der Waals surface area contributed by atoms with Crippen LogP contribution in [0.1, 0.15) is 0 Å². The van der Waals surface area contributed by atoms with Crippen molar-refractivity contribution < 1.29 is 46.2 Å². The van der Waals surface area contributed by atoms with Crippen molar-refractivity contribution in [1.29, 1.82) is 0 Å². The van der Waals surface area contributed by atoms with Crippen LogP contribution in [-0.2, 0) is 19.9 Å². The first-order chi connectivity index (χ1) is 5.21. The first-order valence-electron chi connectivity index (χ1n) is 2.04. The minimum atomic E-state index is -5.27. The minimum absolute atomic E-state index is 2.28. The van der Waals surface area contributed by atoms with Gasteiger partial charge in [-0.1, -0.05) is 9.78 Å². The summed E-state index contributed by atoms with van der Waals surface area (Å²) < 4.78 is 65.5. The highest BCUT2D eigenvalue weighted by Crippen LogP contribution is 2.19. The van der Waals surface area contributed by atoms with Crippen molar-refractivity contribution in [3.05, 3.63) is 0 Å². The van der Waals surface area contributed by atoms with Crippen LogP contribution in [-0.4, -0.2) is 12.7 Å². The standard InChI is InChI=1S/C2F6O4/c3-1(4,5)9-11-12-10-2(6,7)8. The zero-order chi connectivity index (χ0) is 9.83. The second-order valence-corrected chi connectivity index (χ2v) is 1.19. The summed E-state index contributed by atoms with van der Waals surface area (Å²) in [5.41, 5.74) is 0. The Hall–Kier alpha value is -0.580. The van der Waals surface area contributed by atoms with E-state index in [-0.39, 0.29) is 0 Å². The summed E-state index contributed by atoms with van der Waals surface area (Å²) in [6.45, 7) is 0. The Balaban J connectivity index is 3.35. The predicted octanol–water partition coefficient (Wildman–Crippen LogP) is 1.84.